The fourth-order valence-electron chi connectivity index (χ4n) is 2.65. The number of hydrogen-bond donors (Lipinski definition) is 0. The van der Waals surface area contributed by atoms with E-state index in [2.05, 4.69) is 0 Å². The lowest BCUT2D eigenvalue weighted by Crippen LogP contribution is -2.37. The Kier molecular flexibility index (Phi) is 7.99. The van der Waals surface area contributed by atoms with Gasteiger partial charge in [-0.25, -0.2) is 4.79 Å². The second-order valence-electron chi connectivity index (χ2n) is 6.40. The zero-order chi connectivity index (χ0) is 21.2. The summed E-state index contributed by atoms with van der Waals surface area (Å²) in [6.45, 7) is 4.33. The highest BCUT2D eigenvalue weighted by molar-refractivity contribution is 5.99. The van der Waals surface area contributed by atoms with Gasteiger partial charge in [0.05, 0.1) is 6.61 Å². The van der Waals surface area contributed by atoms with Crippen molar-refractivity contribution in [2.75, 3.05) is 13.7 Å². The highest BCUT2D eigenvalue weighted by Gasteiger charge is 2.23. The van der Waals surface area contributed by atoms with Crippen LogP contribution in [-0.2, 0) is 20.9 Å². The molecule has 0 bridgehead atoms. The number of carbonyl (C=O) groups is 2. The van der Waals surface area contributed by atoms with Crippen LogP contribution in [0, 0.1) is 11.3 Å². The average Bonchev–Trinajstić information content (AvgIpc) is 2.73. The molecule has 0 aliphatic rings. The first kappa shape index (κ1) is 21.7. The fraction of sp³-hybridized carbons (Fsp3) is 0.261. The van der Waals surface area contributed by atoms with Gasteiger partial charge >= 0.3 is 5.97 Å². The molecular formula is C23H24N2O4. The van der Waals surface area contributed by atoms with E-state index in [-0.39, 0.29) is 11.5 Å². The standard InChI is InChI=1S/C23H24N2O4/c1-4-28-21-12-10-18(11-13-21)14-20(15-24)23(27)29-17(2)22(26)25(3)16-19-8-6-5-7-9-19/h5-14,17H,4,16H2,1-3H3/b20-14+/t17-/m0/s1. The molecule has 0 N–H and O–H groups in total. The van der Waals surface area contributed by atoms with Crippen LogP contribution in [0.2, 0.25) is 0 Å². The molecule has 0 fully saturated rings. The normalized spacial score (nSPS) is 11.9. The highest BCUT2D eigenvalue weighted by Crippen LogP contribution is 2.15. The van der Waals surface area contributed by atoms with Crippen molar-refractivity contribution < 1.29 is 19.1 Å². The summed E-state index contributed by atoms with van der Waals surface area (Å²) >= 11 is 0. The van der Waals surface area contributed by atoms with E-state index in [9.17, 15) is 14.9 Å². The van der Waals surface area contributed by atoms with Crippen LogP contribution >= 0.6 is 0 Å². The van der Waals surface area contributed by atoms with Crippen LogP contribution in [0.1, 0.15) is 25.0 Å². The maximum absolute atomic E-state index is 12.5. The second kappa shape index (κ2) is 10.7. The molecule has 0 radical (unpaired) electrons. The molecule has 0 spiro atoms. The monoisotopic (exact) mass is 392 g/mol. The molecule has 1 amide bonds. The van der Waals surface area contributed by atoms with E-state index in [0.717, 1.165) is 5.56 Å². The van der Waals surface area contributed by atoms with Gasteiger partial charge in [-0.3, -0.25) is 4.79 Å². The van der Waals surface area contributed by atoms with Crippen LogP contribution in [-0.4, -0.2) is 36.5 Å². The Hall–Kier alpha value is -3.59. The molecule has 0 saturated carbocycles. The Bertz CT molecular complexity index is 899. The van der Waals surface area contributed by atoms with Gasteiger partial charge in [-0.15, -0.1) is 0 Å². The first-order valence-electron chi connectivity index (χ1n) is 9.29. The number of hydrogen-bond acceptors (Lipinski definition) is 5. The van der Waals surface area contributed by atoms with Crippen molar-refractivity contribution in [3.63, 3.8) is 0 Å². The molecule has 0 saturated heterocycles. The average molecular weight is 392 g/mol. The number of carbonyl (C=O) groups excluding carboxylic acids is 2. The molecule has 0 unspecified atom stereocenters. The van der Waals surface area contributed by atoms with Gasteiger partial charge in [-0.2, -0.15) is 5.26 Å². The molecule has 0 aromatic heterocycles. The van der Waals surface area contributed by atoms with E-state index in [1.165, 1.54) is 17.9 Å². The molecule has 1 atom stereocenters. The van der Waals surface area contributed by atoms with Crippen molar-refractivity contribution >= 4 is 18.0 Å². The molecule has 0 aliphatic heterocycles. The first-order valence-corrected chi connectivity index (χ1v) is 9.29. The van der Waals surface area contributed by atoms with Crippen molar-refractivity contribution in [2.24, 2.45) is 0 Å². The zero-order valence-corrected chi connectivity index (χ0v) is 16.8. The van der Waals surface area contributed by atoms with Gasteiger partial charge in [0, 0.05) is 13.6 Å². The van der Waals surface area contributed by atoms with E-state index in [1.54, 1.807) is 31.3 Å². The minimum absolute atomic E-state index is 0.181. The molecule has 6 heteroatoms. The summed E-state index contributed by atoms with van der Waals surface area (Å²) in [4.78, 5) is 26.3. The number of nitrogens with zero attached hydrogens (tertiary/aromatic N) is 2. The minimum atomic E-state index is -1.01. The molecule has 0 aliphatic carbocycles. The van der Waals surface area contributed by atoms with E-state index in [1.807, 2.05) is 43.3 Å². The SMILES string of the molecule is CCOc1ccc(/C=C(\C#N)C(=O)O[C@@H](C)C(=O)N(C)Cc2ccccc2)cc1. The summed E-state index contributed by atoms with van der Waals surface area (Å²) in [6.07, 6.45) is 0.413. The third-order valence-corrected chi connectivity index (χ3v) is 4.11. The van der Waals surface area contributed by atoms with Crippen molar-refractivity contribution in [1.29, 1.82) is 5.26 Å². The third kappa shape index (κ3) is 6.51. The van der Waals surface area contributed by atoms with Gasteiger partial charge < -0.3 is 14.4 Å². The quantitative estimate of drug-likeness (QED) is 0.390. The molecule has 2 aromatic rings. The molecule has 2 rings (SSSR count). The lowest BCUT2D eigenvalue weighted by Gasteiger charge is -2.21. The molecule has 6 nitrogen and oxygen atoms in total. The first-order chi connectivity index (χ1) is 13.9. The van der Waals surface area contributed by atoms with Crippen LogP contribution in [0.4, 0.5) is 0 Å². The highest BCUT2D eigenvalue weighted by atomic mass is 16.5. The smallest absolute Gasteiger partial charge is 0.349 e. The Morgan fingerprint density at radius 3 is 2.38 bits per heavy atom. The number of likely N-dealkylation sites (N-methyl/N-ethyl adjacent to an activating group) is 1. The number of rotatable bonds is 8. The van der Waals surface area contributed by atoms with Crippen molar-refractivity contribution in [3.8, 4) is 11.8 Å². The summed E-state index contributed by atoms with van der Waals surface area (Å²) < 4.78 is 10.6. The molecule has 29 heavy (non-hydrogen) atoms. The topological polar surface area (TPSA) is 79.6 Å². The van der Waals surface area contributed by atoms with E-state index in [0.29, 0.717) is 24.5 Å². The van der Waals surface area contributed by atoms with E-state index >= 15 is 0 Å². The Labute approximate surface area is 171 Å². The largest absolute Gasteiger partial charge is 0.494 e. The van der Waals surface area contributed by atoms with Crippen molar-refractivity contribution in [2.45, 2.75) is 26.5 Å². The predicted octanol–water partition coefficient (Wildman–Crippen LogP) is 3.58. The van der Waals surface area contributed by atoms with Crippen LogP contribution in [0.5, 0.6) is 5.75 Å². The Morgan fingerprint density at radius 2 is 1.79 bits per heavy atom. The molecule has 0 heterocycles. The summed E-state index contributed by atoms with van der Waals surface area (Å²) in [5, 5.41) is 9.31. The molecule has 2 aromatic carbocycles. The van der Waals surface area contributed by atoms with E-state index < -0.39 is 12.1 Å². The number of nitriles is 1. The maximum Gasteiger partial charge on any atom is 0.349 e. The van der Waals surface area contributed by atoms with Crippen molar-refractivity contribution in [3.05, 3.63) is 71.3 Å². The van der Waals surface area contributed by atoms with Crippen LogP contribution < -0.4 is 4.74 Å². The van der Waals surface area contributed by atoms with Gasteiger partial charge in [0.2, 0.25) is 0 Å². The van der Waals surface area contributed by atoms with Gasteiger partial charge in [-0.1, -0.05) is 42.5 Å². The summed E-state index contributed by atoms with van der Waals surface area (Å²) in [7, 11) is 1.64. The Balaban J connectivity index is 2.00. The van der Waals surface area contributed by atoms with Gasteiger partial charge in [0.25, 0.3) is 5.91 Å². The molecule has 150 valence electrons. The zero-order valence-electron chi connectivity index (χ0n) is 16.8. The lowest BCUT2D eigenvalue weighted by molar-refractivity contribution is -0.155. The molecular weight excluding hydrogens is 368 g/mol. The second-order valence-corrected chi connectivity index (χ2v) is 6.40. The number of benzene rings is 2. The minimum Gasteiger partial charge on any atom is -0.494 e. The summed E-state index contributed by atoms with van der Waals surface area (Å²) in [5.74, 6) is -0.484. The summed E-state index contributed by atoms with van der Waals surface area (Å²) in [6, 6.07) is 18.3. The Morgan fingerprint density at radius 1 is 1.14 bits per heavy atom. The maximum atomic E-state index is 12.5. The summed E-state index contributed by atoms with van der Waals surface area (Å²) in [5.41, 5.74) is 1.44. The van der Waals surface area contributed by atoms with Crippen molar-refractivity contribution in [1.82, 2.24) is 4.90 Å². The number of ether oxygens (including phenoxy) is 2. The fourth-order valence-corrected chi connectivity index (χ4v) is 2.65. The van der Waals surface area contributed by atoms with Gasteiger partial charge in [-0.05, 0) is 43.2 Å². The van der Waals surface area contributed by atoms with Gasteiger partial charge in [0.15, 0.2) is 6.10 Å². The number of esters is 1. The third-order valence-electron chi connectivity index (χ3n) is 4.11. The van der Waals surface area contributed by atoms with Crippen LogP contribution in [0.25, 0.3) is 6.08 Å². The lowest BCUT2D eigenvalue weighted by atomic mass is 10.1. The predicted molar refractivity (Wildman–Crippen MR) is 110 cm³/mol. The van der Waals surface area contributed by atoms with E-state index in [4.69, 9.17) is 9.47 Å². The van der Waals surface area contributed by atoms with Crippen LogP contribution in [0.15, 0.2) is 60.2 Å². The van der Waals surface area contributed by atoms with Gasteiger partial charge in [0.1, 0.15) is 17.4 Å². The number of amides is 1. The van der Waals surface area contributed by atoms with Crippen LogP contribution in [0.3, 0.4) is 0 Å².